The van der Waals surface area contributed by atoms with E-state index >= 15 is 0 Å². The van der Waals surface area contributed by atoms with Gasteiger partial charge in [0.2, 0.25) is 0 Å². The highest BCUT2D eigenvalue weighted by Crippen LogP contribution is 2.20. The molecule has 0 fully saturated rings. The summed E-state index contributed by atoms with van der Waals surface area (Å²) < 4.78 is 0. The molecular formula is C14H19N5. The summed E-state index contributed by atoms with van der Waals surface area (Å²) in [5, 5.41) is 11.7. The summed E-state index contributed by atoms with van der Waals surface area (Å²) in [5.74, 6) is 0.255. The number of benzene rings is 1. The van der Waals surface area contributed by atoms with Crippen LogP contribution in [0, 0.1) is 5.41 Å². The summed E-state index contributed by atoms with van der Waals surface area (Å²) in [7, 11) is 0. The van der Waals surface area contributed by atoms with Crippen molar-refractivity contribution in [3.8, 4) is 0 Å². The van der Waals surface area contributed by atoms with Crippen LogP contribution in [0.2, 0.25) is 0 Å². The van der Waals surface area contributed by atoms with Gasteiger partial charge >= 0.3 is 0 Å². The molecule has 0 spiro atoms. The molecule has 0 radical (unpaired) electrons. The van der Waals surface area contributed by atoms with Crippen LogP contribution >= 0.6 is 0 Å². The van der Waals surface area contributed by atoms with E-state index in [4.69, 9.17) is 5.41 Å². The predicted molar refractivity (Wildman–Crippen MR) is 81.1 cm³/mol. The third kappa shape index (κ3) is 2.81. The monoisotopic (exact) mass is 257 g/mol. The normalized spacial score (nSPS) is 16.5. The van der Waals surface area contributed by atoms with E-state index in [2.05, 4.69) is 46.4 Å². The standard InChI is InChI=1S/C14H19N5/c1-4-19(5-2)12-8-6-11(7-9-12)16-13-10(3)17-18-14(13)15/h6-9H,4-5H2,1-3H3,(H2,15,16,18). The van der Waals surface area contributed by atoms with E-state index in [9.17, 15) is 0 Å². The zero-order valence-corrected chi connectivity index (χ0v) is 11.6. The second-order valence-electron chi connectivity index (χ2n) is 4.33. The number of rotatable bonds is 4. The van der Waals surface area contributed by atoms with Gasteiger partial charge in [-0.1, -0.05) is 0 Å². The van der Waals surface area contributed by atoms with Crippen LogP contribution in [0.15, 0.2) is 34.4 Å². The summed E-state index contributed by atoms with van der Waals surface area (Å²) in [6.07, 6.45) is 0. The molecule has 0 atom stereocenters. The number of nitrogens with one attached hydrogen (secondary N) is 2. The highest BCUT2D eigenvalue weighted by molar-refractivity contribution is 6.69. The van der Waals surface area contributed by atoms with Crippen molar-refractivity contribution in [2.75, 3.05) is 18.0 Å². The van der Waals surface area contributed by atoms with Crippen molar-refractivity contribution in [3.05, 3.63) is 24.3 Å². The highest BCUT2D eigenvalue weighted by Gasteiger charge is 2.16. The molecule has 2 N–H and O–H groups in total. The summed E-state index contributed by atoms with van der Waals surface area (Å²) in [6.45, 7) is 8.11. The molecule has 0 aromatic heterocycles. The molecule has 0 aliphatic carbocycles. The zero-order valence-electron chi connectivity index (χ0n) is 11.6. The van der Waals surface area contributed by atoms with Crippen LogP contribution in [0.4, 0.5) is 11.4 Å². The summed E-state index contributed by atoms with van der Waals surface area (Å²) in [5.41, 5.74) is 6.01. The van der Waals surface area contributed by atoms with Crippen molar-refractivity contribution < 1.29 is 0 Å². The van der Waals surface area contributed by atoms with Gasteiger partial charge in [-0.25, -0.2) is 4.99 Å². The molecule has 0 saturated carbocycles. The Labute approximate surface area is 113 Å². The molecule has 1 heterocycles. The van der Waals surface area contributed by atoms with Gasteiger partial charge in [0, 0.05) is 18.8 Å². The Morgan fingerprint density at radius 1 is 1.21 bits per heavy atom. The van der Waals surface area contributed by atoms with E-state index in [0.717, 1.165) is 24.5 Å². The van der Waals surface area contributed by atoms with E-state index in [0.29, 0.717) is 5.71 Å². The number of aliphatic imine (C=N–C) groups is 1. The Kier molecular flexibility index (Phi) is 3.94. The molecule has 0 saturated heterocycles. The SMILES string of the molecule is CCN(CC)c1ccc(N=C2C(=N)NN=C2C)cc1. The van der Waals surface area contributed by atoms with Crippen molar-refractivity contribution in [1.82, 2.24) is 5.43 Å². The maximum Gasteiger partial charge on any atom is 0.166 e. The maximum atomic E-state index is 7.69. The first kappa shape index (κ1) is 13.3. The number of hydrogen-bond donors (Lipinski definition) is 2. The van der Waals surface area contributed by atoms with E-state index in [1.807, 2.05) is 19.1 Å². The van der Waals surface area contributed by atoms with Crippen LogP contribution in [0.5, 0.6) is 0 Å². The average Bonchev–Trinajstić information content (AvgIpc) is 2.74. The second kappa shape index (κ2) is 5.65. The topological polar surface area (TPSA) is 63.8 Å². The first-order chi connectivity index (χ1) is 9.15. The maximum absolute atomic E-state index is 7.69. The molecule has 2 rings (SSSR count). The highest BCUT2D eigenvalue weighted by atomic mass is 15.3. The Morgan fingerprint density at radius 3 is 2.32 bits per heavy atom. The quantitative estimate of drug-likeness (QED) is 0.870. The van der Waals surface area contributed by atoms with Crippen LogP contribution < -0.4 is 10.3 Å². The smallest absolute Gasteiger partial charge is 0.166 e. The summed E-state index contributed by atoms with van der Waals surface area (Å²) >= 11 is 0. The first-order valence-corrected chi connectivity index (χ1v) is 6.49. The van der Waals surface area contributed by atoms with Gasteiger partial charge in [0.25, 0.3) is 0 Å². The summed E-state index contributed by atoms with van der Waals surface area (Å²) in [6, 6.07) is 8.06. The summed E-state index contributed by atoms with van der Waals surface area (Å²) in [4.78, 5) is 6.73. The fourth-order valence-electron chi connectivity index (χ4n) is 2.02. The van der Waals surface area contributed by atoms with Crippen molar-refractivity contribution in [3.63, 3.8) is 0 Å². The van der Waals surface area contributed by atoms with Crippen LogP contribution in [-0.2, 0) is 0 Å². The lowest BCUT2D eigenvalue weighted by atomic mass is 10.2. The van der Waals surface area contributed by atoms with E-state index < -0.39 is 0 Å². The van der Waals surface area contributed by atoms with Crippen LogP contribution in [0.3, 0.4) is 0 Å². The molecule has 1 aliphatic heterocycles. The molecule has 1 aromatic carbocycles. The third-order valence-corrected chi connectivity index (χ3v) is 3.13. The van der Waals surface area contributed by atoms with Crippen LogP contribution in [0.1, 0.15) is 20.8 Å². The van der Waals surface area contributed by atoms with E-state index in [-0.39, 0.29) is 5.84 Å². The molecule has 1 aromatic rings. The lowest BCUT2D eigenvalue weighted by molar-refractivity contribution is 0.866. The number of hydrazone groups is 1. The van der Waals surface area contributed by atoms with Crippen LogP contribution in [-0.4, -0.2) is 30.3 Å². The van der Waals surface area contributed by atoms with E-state index in [1.54, 1.807) is 0 Å². The Bertz CT molecular complexity index is 523. The largest absolute Gasteiger partial charge is 0.372 e. The van der Waals surface area contributed by atoms with Gasteiger partial charge in [0.05, 0.1) is 11.4 Å². The van der Waals surface area contributed by atoms with Gasteiger partial charge in [-0.3, -0.25) is 10.8 Å². The molecule has 19 heavy (non-hydrogen) atoms. The van der Waals surface area contributed by atoms with Crippen molar-refractivity contribution >= 4 is 28.6 Å². The van der Waals surface area contributed by atoms with Crippen LogP contribution in [0.25, 0.3) is 0 Å². The lowest BCUT2D eigenvalue weighted by Crippen LogP contribution is -2.21. The first-order valence-electron chi connectivity index (χ1n) is 6.49. The molecule has 0 unspecified atom stereocenters. The van der Waals surface area contributed by atoms with Gasteiger partial charge in [-0.2, -0.15) is 5.10 Å². The number of anilines is 1. The average molecular weight is 257 g/mol. The fraction of sp³-hybridized carbons (Fsp3) is 0.357. The molecule has 0 bridgehead atoms. The molecule has 5 heteroatoms. The Balaban J connectivity index is 2.22. The zero-order chi connectivity index (χ0) is 13.8. The molecule has 5 nitrogen and oxygen atoms in total. The molecule has 0 amide bonds. The number of nitrogens with zero attached hydrogens (tertiary/aromatic N) is 3. The van der Waals surface area contributed by atoms with Gasteiger partial charge in [-0.05, 0) is 45.0 Å². The number of amidine groups is 1. The Hall–Kier alpha value is -2.17. The molecule has 1 aliphatic rings. The van der Waals surface area contributed by atoms with Gasteiger partial charge in [0.15, 0.2) is 5.84 Å². The minimum Gasteiger partial charge on any atom is -0.372 e. The third-order valence-electron chi connectivity index (χ3n) is 3.13. The van der Waals surface area contributed by atoms with Crippen molar-refractivity contribution in [1.29, 1.82) is 5.41 Å². The van der Waals surface area contributed by atoms with Gasteiger partial charge in [-0.15, -0.1) is 0 Å². The minimum atomic E-state index is 0.255. The molecular weight excluding hydrogens is 238 g/mol. The Morgan fingerprint density at radius 2 is 1.84 bits per heavy atom. The lowest BCUT2D eigenvalue weighted by Gasteiger charge is -2.20. The van der Waals surface area contributed by atoms with Gasteiger partial charge < -0.3 is 4.90 Å². The minimum absolute atomic E-state index is 0.255. The van der Waals surface area contributed by atoms with Crippen molar-refractivity contribution in [2.24, 2.45) is 10.1 Å². The molecule has 100 valence electrons. The fourth-order valence-corrected chi connectivity index (χ4v) is 2.02. The predicted octanol–water partition coefficient (Wildman–Crippen LogP) is 2.56. The van der Waals surface area contributed by atoms with E-state index in [1.165, 1.54) is 5.69 Å². The van der Waals surface area contributed by atoms with Crippen molar-refractivity contribution in [2.45, 2.75) is 20.8 Å². The van der Waals surface area contributed by atoms with Gasteiger partial charge in [0.1, 0.15) is 5.71 Å². The second-order valence-corrected chi connectivity index (χ2v) is 4.33. The number of hydrogen-bond acceptors (Lipinski definition) is 4.